The molecule has 0 aliphatic carbocycles. The summed E-state index contributed by atoms with van der Waals surface area (Å²) in [5.74, 6) is 0.748. The number of nitrogens with one attached hydrogen (secondary N) is 1. The van der Waals surface area contributed by atoms with Crippen LogP contribution in [-0.4, -0.2) is 18.1 Å². The smallest absolute Gasteiger partial charge is 0.341 e. The average molecular weight is 295 g/mol. The summed E-state index contributed by atoms with van der Waals surface area (Å²) >= 11 is 6.03. The third-order valence-corrected chi connectivity index (χ3v) is 3.21. The van der Waals surface area contributed by atoms with Gasteiger partial charge < -0.3 is 14.5 Å². The molecule has 0 atom stereocenters. The number of rotatable bonds is 4. The van der Waals surface area contributed by atoms with Crippen LogP contribution in [0.5, 0.6) is 0 Å². The Hall–Kier alpha value is -2.01. The zero-order valence-electron chi connectivity index (χ0n) is 11.5. The number of carbonyl (C=O) groups excluding carboxylic acids is 1. The summed E-state index contributed by atoms with van der Waals surface area (Å²) in [5.41, 5.74) is 2.17. The maximum Gasteiger partial charge on any atom is 0.341 e. The first-order valence-electron chi connectivity index (χ1n) is 6.05. The highest BCUT2D eigenvalue weighted by molar-refractivity contribution is 6.32. The highest BCUT2D eigenvalue weighted by Crippen LogP contribution is 2.24. The maximum absolute atomic E-state index is 11.5. The molecule has 0 spiro atoms. The molecule has 0 saturated heterocycles. The van der Waals surface area contributed by atoms with E-state index in [0.29, 0.717) is 28.8 Å². The lowest BCUT2D eigenvalue weighted by Gasteiger charge is -2.08. The minimum Gasteiger partial charge on any atom is -0.465 e. The summed E-state index contributed by atoms with van der Waals surface area (Å²) in [6, 6.07) is 3.52. The number of furan rings is 1. The van der Waals surface area contributed by atoms with E-state index in [9.17, 15) is 4.79 Å². The van der Waals surface area contributed by atoms with Gasteiger partial charge in [0.15, 0.2) is 5.15 Å². The van der Waals surface area contributed by atoms with Crippen molar-refractivity contribution in [1.29, 1.82) is 0 Å². The van der Waals surface area contributed by atoms with Gasteiger partial charge in [0.1, 0.15) is 17.1 Å². The van der Waals surface area contributed by atoms with E-state index in [2.05, 4.69) is 15.0 Å². The number of pyridine rings is 1. The van der Waals surface area contributed by atoms with Crippen LogP contribution >= 0.6 is 11.6 Å². The Labute approximate surface area is 121 Å². The second-order valence-corrected chi connectivity index (χ2v) is 4.68. The number of esters is 1. The van der Waals surface area contributed by atoms with E-state index >= 15 is 0 Å². The third kappa shape index (κ3) is 2.93. The van der Waals surface area contributed by atoms with E-state index in [4.69, 9.17) is 16.0 Å². The fourth-order valence-corrected chi connectivity index (χ4v) is 2.13. The number of aromatic nitrogens is 1. The fraction of sp³-hybridized carbons (Fsp3) is 0.286. The molecule has 2 aromatic rings. The Morgan fingerprint density at radius 2 is 2.25 bits per heavy atom. The van der Waals surface area contributed by atoms with E-state index < -0.39 is 5.97 Å². The van der Waals surface area contributed by atoms with Crippen molar-refractivity contribution in [2.45, 2.75) is 20.4 Å². The highest BCUT2D eigenvalue weighted by atomic mass is 35.5. The Kier molecular flexibility index (Phi) is 4.29. The first-order valence-corrected chi connectivity index (χ1v) is 6.43. The van der Waals surface area contributed by atoms with Crippen molar-refractivity contribution in [3.05, 3.63) is 46.1 Å². The Morgan fingerprint density at radius 3 is 2.90 bits per heavy atom. The van der Waals surface area contributed by atoms with Gasteiger partial charge in [-0.3, -0.25) is 0 Å². The largest absolute Gasteiger partial charge is 0.465 e. The molecule has 2 heterocycles. The number of anilines is 1. The van der Waals surface area contributed by atoms with E-state index in [1.54, 1.807) is 19.2 Å². The molecule has 0 saturated carbocycles. The van der Waals surface area contributed by atoms with Crippen LogP contribution in [0.1, 0.15) is 27.4 Å². The fourth-order valence-electron chi connectivity index (χ4n) is 1.86. The van der Waals surface area contributed by atoms with Crippen molar-refractivity contribution in [2.75, 3.05) is 12.4 Å². The van der Waals surface area contributed by atoms with Gasteiger partial charge in [0, 0.05) is 6.20 Å². The molecule has 20 heavy (non-hydrogen) atoms. The molecule has 2 rings (SSSR count). The van der Waals surface area contributed by atoms with Gasteiger partial charge in [0.25, 0.3) is 0 Å². The van der Waals surface area contributed by atoms with Crippen LogP contribution in [0.3, 0.4) is 0 Å². The highest BCUT2D eigenvalue weighted by Gasteiger charge is 2.15. The molecule has 6 heteroatoms. The van der Waals surface area contributed by atoms with Gasteiger partial charge in [-0.25, -0.2) is 9.78 Å². The summed E-state index contributed by atoms with van der Waals surface area (Å²) in [6.07, 6.45) is 1.65. The van der Waals surface area contributed by atoms with Crippen molar-refractivity contribution >= 4 is 23.3 Å². The molecular formula is C14H15ClN2O3. The van der Waals surface area contributed by atoms with Crippen LogP contribution in [-0.2, 0) is 11.3 Å². The minimum atomic E-state index is -0.409. The SMILES string of the molecule is COC(=O)c1cc(CNc2c(C)ccnc2Cl)oc1C. The predicted octanol–water partition coefficient (Wildman–Crippen LogP) is 3.34. The van der Waals surface area contributed by atoms with Crippen molar-refractivity contribution in [3.63, 3.8) is 0 Å². The molecule has 1 N–H and O–H groups in total. The summed E-state index contributed by atoms with van der Waals surface area (Å²) in [4.78, 5) is 15.5. The first kappa shape index (κ1) is 14.4. The number of ether oxygens (including phenoxy) is 1. The summed E-state index contributed by atoms with van der Waals surface area (Å²) in [6.45, 7) is 4.06. The van der Waals surface area contributed by atoms with Gasteiger partial charge >= 0.3 is 5.97 Å². The molecule has 0 aliphatic heterocycles. The molecule has 0 fully saturated rings. The van der Waals surface area contributed by atoms with Gasteiger partial charge in [-0.2, -0.15) is 0 Å². The number of nitrogens with zero attached hydrogens (tertiary/aromatic N) is 1. The van der Waals surface area contributed by atoms with E-state index in [-0.39, 0.29) is 0 Å². The average Bonchev–Trinajstić information content (AvgIpc) is 2.78. The van der Waals surface area contributed by atoms with Gasteiger partial charge in [-0.15, -0.1) is 0 Å². The normalized spacial score (nSPS) is 10.4. The van der Waals surface area contributed by atoms with Crippen molar-refractivity contribution in [2.24, 2.45) is 0 Å². The minimum absolute atomic E-state index is 0.404. The van der Waals surface area contributed by atoms with E-state index in [1.807, 2.05) is 13.0 Å². The van der Waals surface area contributed by atoms with Gasteiger partial charge in [-0.1, -0.05) is 11.6 Å². The monoisotopic (exact) mass is 294 g/mol. The van der Waals surface area contributed by atoms with Crippen molar-refractivity contribution in [3.8, 4) is 0 Å². The Balaban J connectivity index is 2.14. The van der Waals surface area contributed by atoms with Crippen molar-refractivity contribution < 1.29 is 13.9 Å². The maximum atomic E-state index is 11.5. The van der Waals surface area contributed by atoms with E-state index in [1.165, 1.54) is 7.11 Å². The number of methoxy groups -OCH3 is 1. The molecule has 0 aromatic carbocycles. The topological polar surface area (TPSA) is 64.4 Å². The lowest BCUT2D eigenvalue weighted by atomic mass is 10.2. The Bertz CT molecular complexity index is 617. The molecule has 0 amide bonds. The van der Waals surface area contributed by atoms with Crippen LogP contribution in [0.4, 0.5) is 5.69 Å². The van der Waals surface area contributed by atoms with Crippen molar-refractivity contribution in [1.82, 2.24) is 4.98 Å². The van der Waals surface area contributed by atoms with Gasteiger partial charge in [0.05, 0.1) is 19.3 Å². The molecule has 106 valence electrons. The standard InChI is InChI=1S/C14H15ClN2O3/c1-8-4-5-16-13(15)12(8)17-7-10-6-11(9(2)20-10)14(18)19-3/h4-6,17H,7H2,1-3H3. The first-order chi connectivity index (χ1) is 9.52. The number of carbonyl (C=O) groups is 1. The van der Waals surface area contributed by atoms with Crippen LogP contribution in [0, 0.1) is 13.8 Å². The second-order valence-electron chi connectivity index (χ2n) is 4.32. The van der Waals surface area contributed by atoms with Crippen LogP contribution in [0.25, 0.3) is 0 Å². The molecular weight excluding hydrogens is 280 g/mol. The van der Waals surface area contributed by atoms with Gasteiger partial charge in [0.2, 0.25) is 0 Å². The van der Waals surface area contributed by atoms with Gasteiger partial charge in [-0.05, 0) is 31.5 Å². The third-order valence-electron chi connectivity index (χ3n) is 2.93. The summed E-state index contributed by atoms with van der Waals surface area (Å²) < 4.78 is 10.2. The van der Waals surface area contributed by atoms with Crippen LogP contribution in [0.2, 0.25) is 5.15 Å². The zero-order valence-corrected chi connectivity index (χ0v) is 12.2. The summed E-state index contributed by atoms with van der Waals surface area (Å²) in [7, 11) is 1.34. The van der Waals surface area contributed by atoms with Crippen LogP contribution in [0.15, 0.2) is 22.7 Å². The van der Waals surface area contributed by atoms with Crippen LogP contribution < -0.4 is 5.32 Å². The lowest BCUT2D eigenvalue weighted by molar-refractivity contribution is 0.0599. The number of hydrogen-bond donors (Lipinski definition) is 1. The quantitative estimate of drug-likeness (QED) is 0.692. The Morgan fingerprint density at radius 1 is 1.50 bits per heavy atom. The number of halogens is 1. The number of aryl methyl sites for hydroxylation is 2. The lowest BCUT2D eigenvalue weighted by Crippen LogP contribution is -2.02. The summed E-state index contributed by atoms with van der Waals surface area (Å²) in [5, 5.41) is 3.56. The molecule has 2 aromatic heterocycles. The predicted molar refractivity (Wildman–Crippen MR) is 76.1 cm³/mol. The molecule has 0 unspecified atom stereocenters. The molecule has 0 aliphatic rings. The zero-order chi connectivity index (χ0) is 14.7. The second kappa shape index (κ2) is 5.96. The van der Waals surface area contributed by atoms with E-state index in [0.717, 1.165) is 11.3 Å². The number of hydrogen-bond acceptors (Lipinski definition) is 5. The molecule has 0 radical (unpaired) electrons. The molecule has 5 nitrogen and oxygen atoms in total. The molecule has 0 bridgehead atoms.